The van der Waals surface area contributed by atoms with E-state index < -0.39 is 0 Å². The van der Waals surface area contributed by atoms with Gasteiger partial charge in [0.1, 0.15) is 5.76 Å². The second-order valence-electron chi connectivity index (χ2n) is 6.12. The molecule has 0 bridgehead atoms. The average Bonchev–Trinajstić information content (AvgIpc) is 3.22. The van der Waals surface area contributed by atoms with Crippen molar-refractivity contribution in [2.24, 2.45) is 0 Å². The molecule has 0 saturated heterocycles. The third-order valence-corrected chi connectivity index (χ3v) is 4.99. The maximum absolute atomic E-state index is 12.9. The number of thioether (sulfide) groups is 1. The highest BCUT2D eigenvalue weighted by Gasteiger charge is 2.38. The molecule has 1 aliphatic rings. The Balaban J connectivity index is 1.84. The molecule has 2 aromatic rings. The molecule has 0 saturated carbocycles. The van der Waals surface area contributed by atoms with Crippen LogP contribution in [-0.2, 0) is 20.1 Å². The fraction of sp³-hybridized carbons (Fsp3) is 0.300. The SMILES string of the molecule is CC(C)OCCN1C(=O)C(SCc2ccco2)=C(c2ccccc2)C1=O. The fourth-order valence-corrected chi connectivity index (χ4v) is 3.70. The molecule has 0 unspecified atom stereocenters. The molecule has 1 aromatic heterocycles. The predicted molar refractivity (Wildman–Crippen MR) is 101 cm³/mol. The predicted octanol–water partition coefficient (Wildman–Crippen LogP) is 3.72. The summed E-state index contributed by atoms with van der Waals surface area (Å²) in [4.78, 5) is 27.5. The number of carbonyl (C=O) groups is 2. The summed E-state index contributed by atoms with van der Waals surface area (Å²) in [6.45, 7) is 4.42. The molecule has 0 atom stereocenters. The first kappa shape index (κ1) is 18.5. The molecule has 2 heterocycles. The topological polar surface area (TPSA) is 59.8 Å². The normalized spacial score (nSPS) is 14.8. The first-order valence-corrected chi connectivity index (χ1v) is 9.49. The minimum atomic E-state index is -0.268. The van der Waals surface area contributed by atoms with E-state index in [0.29, 0.717) is 22.8 Å². The van der Waals surface area contributed by atoms with E-state index in [1.165, 1.54) is 16.7 Å². The molecule has 0 fully saturated rings. The molecule has 0 N–H and O–H groups in total. The zero-order valence-corrected chi connectivity index (χ0v) is 15.6. The Hall–Kier alpha value is -2.31. The van der Waals surface area contributed by atoms with Gasteiger partial charge in [0.2, 0.25) is 0 Å². The van der Waals surface area contributed by atoms with Gasteiger partial charge in [0.15, 0.2) is 0 Å². The minimum absolute atomic E-state index is 0.0529. The number of carbonyl (C=O) groups excluding carboxylic acids is 2. The zero-order valence-electron chi connectivity index (χ0n) is 14.8. The number of hydrogen-bond donors (Lipinski definition) is 0. The van der Waals surface area contributed by atoms with Crippen molar-refractivity contribution in [2.75, 3.05) is 13.2 Å². The molecule has 6 heteroatoms. The van der Waals surface area contributed by atoms with Gasteiger partial charge in [0.25, 0.3) is 11.8 Å². The Bertz CT molecular complexity index is 796. The fourth-order valence-electron chi connectivity index (χ4n) is 2.67. The Morgan fingerprint density at radius 1 is 1.08 bits per heavy atom. The van der Waals surface area contributed by atoms with Crippen LogP contribution in [0, 0.1) is 0 Å². The second-order valence-corrected chi connectivity index (χ2v) is 7.11. The first-order valence-electron chi connectivity index (χ1n) is 8.50. The molecule has 136 valence electrons. The molecule has 0 aliphatic carbocycles. The van der Waals surface area contributed by atoms with Gasteiger partial charge < -0.3 is 9.15 Å². The van der Waals surface area contributed by atoms with E-state index in [0.717, 1.165) is 11.3 Å². The van der Waals surface area contributed by atoms with Crippen molar-refractivity contribution in [1.82, 2.24) is 4.90 Å². The Morgan fingerprint density at radius 2 is 1.85 bits per heavy atom. The zero-order chi connectivity index (χ0) is 18.5. The van der Waals surface area contributed by atoms with Crippen LogP contribution in [0.2, 0.25) is 0 Å². The Kier molecular flexibility index (Phi) is 5.96. The molecule has 2 amide bonds. The number of amides is 2. The maximum atomic E-state index is 12.9. The lowest BCUT2D eigenvalue weighted by atomic mass is 10.1. The van der Waals surface area contributed by atoms with Gasteiger partial charge in [-0.3, -0.25) is 14.5 Å². The van der Waals surface area contributed by atoms with E-state index in [2.05, 4.69) is 0 Å². The van der Waals surface area contributed by atoms with Gasteiger partial charge in [0.05, 0.1) is 41.7 Å². The van der Waals surface area contributed by atoms with Gasteiger partial charge in [-0.15, -0.1) is 11.8 Å². The summed E-state index contributed by atoms with van der Waals surface area (Å²) in [7, 11) is 0. The summed E-state index contributed by atoms with van der Waals surface area (Å²) in [5.41, 5.74) is 1.21. The summed E-state index contributed by atoms with van der Waals surface area (Å²) in [5, 5.41) is 0. The average molecular weight is 371 g/mol. The van der Waals surface area contributed by atoms with Gasteiger partial charge >= 0.3 is 0 Å². The van der Waals surface area contributed by atoms with E-state index in [9.17, 15) is 9.59 Å². The Labute approximate surface area is 157 Å². The third kappa shape index (κ3) is 4.08. The quantitative estimate of drug-likeness (QED) is 0.662. The highest BCUT2D eigenvalue weighted by atomic mass is 32.2. The van der Waals surface area contributed by atoms with E-state index >= 15 is 0 Å². The van der Waals surface area contributed by atoms with Crippen LogP contribution in [0.5, 0.6) is 0 Å². The first-order chi connectivity index (χ1) is 12.6. The molecular formula is C20H21NO4S. The molecular weight excluding hydrogens is 350 g/mol. The van der Waals surface area contributed by atoms with E-state index in [1.54, 1.807) is 12.3 Å². The van der Waals surface area contributed by atoms with Crippen molar-refractivity contribution in [2.45, 2.75) is 25.7 Å². The van der Waals surface area contributed by atoms with Crippen molar-refractivity contribution in [3.63, 3.8) is 0 Å². The number of hydrogen-bond acceptors (Lipinski definition) is 5. The van der Waals surface area contributed by atoms with Gasteiger partial charge in [-0.05, 0) is 31.5 Å². The van der Waals surface area contributed by atoms with Gasteiger partial charge in [-0.1, -0.05) is 30.3 Å². The summed E-state index contributed by atoms with van der Waals surface area (Å²) in [5.74, 6) is 0.721. The van der Waals surface area contributed by atoms with E-state index in [4.69, 9.17) is 9.15 Å². The highest BCUT2D eigenvalue weighted by molar-refractivity contribution is 8.03. The number of rotatable bonds is 8. The lowest BCUT2D eigenvalue weighted by Crippen LogP contribution is -2.35. The van der Waals surface area contributed by atoms with Crippen LogP contribution in [0.25, 0.3) is 5.57 Å². The van der Waals surface area contributed by atoms with Crippen molar-refractivity contribution in [3.8, 4) is 0 Å². The van der Waals surface area contributed by atoms with Gasteiger partial charge in [0, 0.05) is 0 Å². The second kappa shape index (κ2) is 8.38. The highest BCUT2D eigenvalue weighted by Crippen LogP contribution is 2.37. The largest absolute Gasteiger partial charge is 0.468 e. The molecule has 26 heavy (non-hydrogen) atoms. The van der Waals surface area contributed by atoms with E-state index in [-0.39, 0.29) is 24.5 Å². The van der Waals surface area contributed by atoms with Gasteiger partial charge in [-0.2, -0.15) is 0 Å². The number of benzene rings is 1. The van der Waals surface area contributed by atoms with Crippen LogP contribution in [-0.4, -0.2) is 36.0 Å². The van der Waals surface area contributed by atoms with Crippen LogP contribution < -0.4 is 0 Å². The number of nitrogens with zero attached hydrogens (tertiary/aromatic N) is 1. The third-order valence-electron chi connectivity index (χ3n) is 3.89. The van der Waals surface area contributed by atoms with Gasteiger partial charge in [-0.25, -0.2) is 0 Å². The minimum Gasteiger partial charge on any atom is -0.468 e. The number of furan rings is 1. The van der Waals surface area contributed by atoms with E-state index in [1.807, 2.05) is 50.2 Å². The van der Waals surface area contributed by atoms with Crippen molar-refractivity contribution in [1.29, 1.82) is 0 Å². The maximum Gasteiger partial charge on any atom is 0.268 e. The van der Waals surface area contributed by atoms with Crippen LogP contribution in [0.3, 0.4) is 0 Å². The molecule has 0 radical (unpaired) electrons. The summed E-state index contributed by atoms with van der Waals surface area (Å²) >= 11 is 1.33. The monoisotopic (exact) mass is 371 g/mol. The summed E-state index contributed by atoms with van der Waals surface area (Å²) in [6.07, 6.45) is 1.65. The molecule has 3 rings (SSSR count). The standard InChI is InChI=1S/C20H21NO4S/c1-14(2)24-12-10-21-19(22)17(15-7-4-3-5-8-15)18(20(21)23)26-13-16-9-6-11-25-16/h3-9,11,14H,10,12-13H2,1-2H3. The Morgan fingerprint density at radius 3 is 2.50 bits per heavy atom. The summed E-state index contributed by atoms with van der Waals surface area (Å²) in [6, 6.07) is 13.0. The lowest BCUT2D eigenvalue weighted by molar-refractivity contribution is -0.137. The smallest absolute Gasteiger partial charge is 0.268 e. The molecule has 1 aromatic carbocycles. The van der Waals surface area contributed by atoms with Crippen molar-refractivity contribution >= 4 is 29.1 Å². The molecule has 1 aliphatic heterocycles. The van der Waals surface area contributed by atoms with Crippen molar-refractivity contribution in [3.05, 3.63) is 65.0 Å². The van der Waals surface area contributed by atoms with Crippen LogP contribution in [0.15, 0.2) is 58.1 Å². The number of ether oxygens (including phenoxy) is 1. The van der Waals surface area contributed by atoms with Crippen LogP contribution in [0.4, 0.5) is 0 Å². The van der Waals surface area contributed by atoms with Crippen molar-refractivity contribution < 1.29 is 18.7 Å². The molecule has 5 nitrogen and oxygen atoms in total. The lowest BCUT2D eigenvalue weighted by Gasteiger charge is -2.16. The number of imide groups is 1. The summed E-state index contributed by atoms with van der Waals surface area (Å²) < 4.78 is 10.9. The van der Waals surface area contributed by atoms with Crippen LogP contribution >= 0.6 is 11.8 Å². The molecule has 0 spiro atoms. The van der Waals surface area contributed by atoms with Crippen LogP contribution in [0.1, 0.15) is 25.2 Å².